The van der Waals surface area contributed by atoms with Gasteiger partial charge in [0.2, 0.25) is 6.10 Å². The quantitative estimate of drug-likeness (QED) is 0.106. The Morgan fingerprint density at radius 1 is 0.512 bits per heavy atom. The van der Waals surface area contributed by atoms with Gasteiger partial charge in [0.15, 0.2) is 13.2 Å². The molecule has 3 atom stereocenters. The van der Waals surface area contributed by atoms with E-state index >= 15 is 0 Å². The number of carbonyl (C=O) groups excluding carboxylic acids is 7. The van der Waals surface area contributed by atoms with Gasteiger partial charge in [-0.2, -0.15) is 0 Å². The van der Waals surface area contributed by atoms with Crippen molar-refractivity contribution < 1.29 is 71.8 Å². The summed E-state index contributed by atoms with van der Waals surface area (Å²) in [6.45, 7) is 26.7. The normalized spacial score (nSPS) is 36.6. The zero-order valence-electron chi connectivity index (χ0n) is 51.7. The second-order valence-electron chi connectivity index (χ2n) is 29.8. The van der Waals surface area contributed by atoms with Crippen molar-refractivity contribution in [2.45, 2.75) is 267 Å². The van der Waals surface area contributed by atoms with Crippen LogP contribution in [0.4, 0.5) is 0 Å². The highest BCUT2D eigenvalue weighted by Crippen LogP contribution is 2.62. The van der Waals surface area contributed by atoms with Crippen LogP contribution in [0.5, 0.6) is 0 Å². The largest absolute Gasteiger partial charge is 0.463 e. The van der Waals surface area contributed by atoms with Crippen LogP contribution in [-0.2, 0) is 66.7 Å². The van der Waals surface area contributed by atoms with E-state index in [0.717, 1.165) is 94.3 Å². The Bertz CT molecular complexity index is 2190. The fourth-order valence-corrected chi connectivity index (χ4v) is 16.2. The molecule has 13 fully saturated rings. The minimum Gasteiger partial charge on any atom is -0.463 e. The molecule has 12 saturated carbocycles. The molecule has 454 valence electrons. The Hall–Kier alpha value is -3.75. The monoisotopic (exact) mass is 1120 g/mol. The average Bonchev–Trinajstić information content (AvgIpc) is 3.66. The summed E-state index contributed by atoms with van der Waals surface area (Å²) in [4.78, 5) is 83.5. The predicted molar refractivity (Wildman–Crippen MR) is 300 cm³/mol. The highest BCUT2D eigenvalue weighted by atomic mass is 16.6. The van der Waals surface area contributed by atoms with E-state index in [0.29, 0.717) is 67.8 Å². The number of rotatable bonds is 17. The van der Waals surface area contributed by atoms with Crippen molar-refractivity contribution >= 4 is 41.8 Å². The van der Waals surface area contributed by atoms with E-state index in [4.69, 9.17) is 33.2 Å². The van der Waals surface area contributed by atoms with Crippen LogP contribution in [0.2, 0.25) is 0 Å². The summed E-state index contributed by atoms with van der Waals surface area (Å²) in [6, 6.07) is 0. The maximum atomic E-state index is 12.6. The fraction of sp³-hybridized carbons (Fsp3) is 0.892. The Labute approximate surface area is 479 Å². The molecule has 1 heterocycles. The molecule has 15 heteroatoms. The third kappa shape index (κ3) is 14.1. The van der Waals surface area contributed by atoms with Gasteiger partial charge in [-0.3, -0.25) is 19.2 Å². The Balaban J connectivity index is 0.000000158. The molecule has 3 unspecified atom stereocenters. The molecule has 1 aliphatic heterocycles. The van der Waals surface area contributed by atoms with Crippen molar-refractivity contribution in [3.05, 3.63) is 0 Å². The second kappa shape index (κ2) is 24.5. The zero-order chi connectivity index (χ0) is 59.0. The van der Waals surface area contributed by atoms with Gasteiger partial charge in [0.1, 0.15) is 16.8 Å². The van der Waals surface area contributed by atoms with Gasteiger partial charge < -0.3 is 38.3 Å². The smallest absolute Gasteiger partial charge is 0.347 e. The van der Waals surface area contributed by atoms with Crippen molar-refractivity contribution in [2.75, 3.05) is 19.8 Å². The Morgan fingerprint density at radius 2 is 0.925 bits per heavy atom. The molecule has 0 amide bonds. The number of ether oxygens (including phenoxy) is 7. The molecule has 0 aromatic heterocycles. The van der Waals surface area contributed by atoms with Crippen LogP contribution in [0.1, 0.15) is 238 Å². The van der Waals surface area contributed by atoms with E-state index < -0.39 is 70.6 Å². The van der Waals surface area contributed by atoms with Gasteiger partial charge in [-0.1, -0.05) is 34.6 Å². The molecule has 1 N–H and O–H groups in total. The van der Waals surface area contributed by atoms with Gasteiger partial charge in [-0.25, -0.2) is 14.4 Å². The predicted octanol–water partition coefficient (Wildman–Crippen LogP) is 12.2. The van der Waals surface area contributed by atoms with E-state index in [1.807, 2.05) is 48.5 Å². The highest BCUT2D eigenvalue weighted by molar-refractivity contribution is 5.83. The van der Waals surface area contributed by atoms with Crippen LogP contribution in [0, 0.1) is 80.8 Å². The number of esters is 7. The SMILES string of the molecule is CCC(C)(C)C(=O)OC1(CC)C2CC3CC(C2)CC1C3.CCC(C)(C)C(=O)OC12CC3CC(CC(O)(C3)C1)C2.CCC(C)(C)C(=O)OC1CCOC1=O.CCC(C)(C)C(=O)OCC(=O)OCC(=O)OC1(C)C2CC3CC(C2)CC1C3. The van der Waals surface area contributed by atoms with Crippen LogP contribution in [0.3, 0.4) is 0 Å². The van der Waals surface area contributed by atoms with Crippen molar-refractivity contribution in [3.63, 3.8) is 0 Å². The number of hydrogen-bond acceptors (Lipinski definition) is 15. The third-order valence-electron chi connectivity index (χ3n) is 22.3. The molecule has 80 heavy (non-hydrogen) atoms. The standard InChI is InChI=1S/C21H32O6.C18H30O2.C16H26O3.C10H16O4/c1-5-20(2,3)19(24)26-11-17(22)25-12-18(23)27-21(4)15-7-13-6-14(9-15)10-16(21)8-13;1-5-17(3,4)16(19)20-18(6-2)14-8-12-7-13(10-14)11-15(18)9-12;1-4-14(2,3)13(17)19-16-8-11-5-12(9-16)7-15(18,6-11)10-16;1-4-10(2,3)9(12)14-7-5-6-13-8(7)11/h13-16H,5-12H2,1-4H3;12-15H,5-11H2,1-4H3;11-12,18H,4-10H2,1-3H3;7H,4-6H2,1-3H3. The first-order valence-electron chi connectivity index (χ1n) is 31.4. The Morgan fingerprint density at radius 3 is 1.35 bits per heavy atom. The van der Waals surface area contributed by atoms with Crippen LogP contribution >= 0.6 is 0 Å². The molecule has 15 nitrogen and oxygen atoms in total. The minimum atomic E-state index is -0.734. The fourth-order valence-electron chi connectivity index (χ4n) is 16.2. The van der Waals surface area contributed by atoms with Gasteiger partial charge in [0.25, 0.3) is 0 Å². The van der Waals surface area contributed by atoms with Gasteiger partial charge in [-0.05, 0) is 250 Å². The van der Waals surface area contributed by atoms with E-state index in [1.54, 1.807) is 27.7 Å². The van der Waals surface area contributed by atoms with Crippen molar-refractivity contribution in [1.82, 2.24) is 0 Å². The lowest BCUT2D eigenvalue weighted by atomic mass is 9.49. The molecule has 13 aliphatic rings. The van der Waals surface area contributed by atoms with E-state index in [1.165, 1.54) is 44.9 Å². The molecule has 0 spiro atoms. The topological polar surface area (TPSA) is 204 Å². The molecular formula is C65H104O15. The molecule has 1 saturated heterocycles. The highest BCUT2D eigenvalue weighted by Gasteiger charge is 2.61. The average molecular weight is 1130 g/mol. The molecule has 0 aromatic carbocycles. The number of cyclic esters (lactones) is 1. The molecule has 12 aliphatic carbocycles. The first kappa shape index (κ1) is 63.8. The second-order valence-corrected chi connectivity index (χ2v) is 29.8. The number of carbonyl (C=O) groups is 7. The summed E-state index contributed by atoms with van der Waals surface area (Å²) in [5, 5.41) is 10.6. The summed E-state index contributed by atoms with van der Waals surface area (Å²) in [5.74, 6) is 4.17. The Kier molecular flexibility index (Phi) is 19.5. The maximum absolute atomic E-state index is 12.6. The van der Waals surface area contributed by atoms with Gasteiger partial charge in [0, 0.05) is 12.8 Å². The van der Waals surface area contributed by atoms with Crippen molar-refractivity contribution in [3.8, 4) is 0 Å². The third-order valence-corrected chi connectivity index (χ3v) is 22.3. The molecular weight excluding hydrogens is 1020 g/mol. The zero-order valence-corrected chi connectivity index (χ0v) is 51.7. The number of aliphatic hydroxyl groups is 1. The lowest BCUT2D eigenvalue weighted by Gasteiger charge is -2.60. The van der Waals surface area contributed by atoms with Crippen LogP contribution in [-0.4, -0.2) is 95.2 Å². The molecule has 0 radical (unpaired) electrons. The van der Waals surface area contributed by atoms with Gasteiger partial charge >= 0.3 is 41.8 Å². The van der Waals surface area contributed by atoms with Crippen molar-refractivity contribution in [1.29, 1.82) is 0 Å². The summed E-state index contributed by atoms with van der Waals surface area (Å²) in [7, 11) is 0. The first-order valence-corrected chi connectivity index (χ1v) is 31.4. The molecule has 0 aromatic rings. The van der Waals surface area contributed by atoms with Crippen LogP contribution < -0.4 is 0 Å². The summed E-state index contributed by atoms with van der Waals surface area (Å²) in [6.07, 6.45) is 22.0. The van der Waals surface area contributed by atoms with E-state index in [-0.39, 0.29) is 34.5 Å². The minimum absolute atomic E-state index is 0.0364. The van der Waals surface area contributed by atoms with Gasteiger partial charge in [0.05, 0.1) is 33.9 Å². The summed E-state index contributed by atoms with van der Waals surface area (Å²) >= 11 is 0. The van der Waals surface area contributed by atoms with Crippen LogP contribution in [0.15, 0.2) is 0 Å². The lowest BCUT2D eigenvalue weighted by Crippen LogP contribution is -2.61. The van der Waals surface area contributed by atoms with Crippen molar-refractivity contribution in [2.24, 2.45) is 80.8 Å². The van der Waals surface area contributed by atoms with Crippen LogP contribution in [0.25, 0.3) is 0 Å². The molecule has 12 bridgehead atoms. The number of hydrogen-bond donors (Lipinski definition) is 1. The summed E-state index contributed by atoms with van der Waals surface area (Å²) in [5.41, 5.74) is -3.40. The van der Waals surface area contributed by atoms with Gasteiger partial charge in [-0.15, -0.1) is 0 Å². The van der Waals surface area contributed by atoms with E-state index in [2.05, 4.69) is 20.8 Å². The lowest BCUT2D eigenvalue weighted by molar-refractivity contribution is -0.225. The summed E-state index contributed by atoms with van der Waals surface area (Å²) < 4.78 is 37.8. The first-order chi connectivity index (χ1) is 37.3. The maximum Gasteiger partial charge on any atom is 0.347 e. The molecule has 13 rings (SSSR count). The van der Waals surface area contributed by atoms with E-state index in [9.17, 15) is 38.7 Å².